The Hall–Kier alpha value is -2.80. The molecule has 0 saturated carbocycles. The zero-order valence-electron chi connectivity index (χ0n) is 9.83. The van der Waals surface area contributed by atoms with Gasteiger partial charge < -0.3 is 0 Å². The van der Waals surface area contributed by atoms with Gasteiger partial charge in [0.1, 0.15) is 6.04 Å². The second-order valence-electron chi connectivity index (χ2n) is 4.17. The van der Waals surface area contributed by atoms with Crippen LogP contribution in [-0.4, -0.2) is 12.2 Å². The average Bonchev–Trinajstić information content (AvgIpc) is 2.44. The van der Waals surface area contributed by atoms with Gasteiger partial charge in [0, 0.05) is 5.56 Å². The molecular formula is C15H8N2O2. The summed E-state index contributed by atoms with van der Waals surface area (Å²) in [5.74, 6) is 0. The number of hydrogen-bond donors (Lipinski definition) is 0. The first-order chi connectivity index (χ1) is 9.35. The fraction of sp³-hybridized carbons (Fsp3) is 0.0667. The Bertz CT molecular complexity index is 790. The third kappa shape index (κ3) is 1.72. The van der Waals surface area contributed by atoms with Crippen LogP contribution in [0, 0.1) is 0 Å². The Morgan fingerprint density at radius 3 is 2.53 bits per heavy atom. The van der Waals surface area contributed by atoms with Crippen molar-refractivity contribution in [1.29, 1.82) is 0 Å². The van der Waals surface area contributed by atoms with Crippen LogP contribution < -0.4 is 0 Å². The molecule has 0 aliphatic heterocycles. The van der Waals surface area contributed by atoms with Gasteiger partial charge in [-0.1, -0.05) is 36.4 Å². The predicted molar refractivity (Wildman–Crippen MR) is 70.9 cm³/mol. The summed E-state index contributed by atoms with van der Waals surface area (Å²) in [6, 6.07) is 11.1. The van der Waals surface area contributed by atoms with Crippen molar-refractivity contribution in [2.24, 2.45) is 9.98 Å². The highest BCUT2D eigenvalue weighted by Crippen LogP contribution is 2.39. The lowest BCUT2D eigenvalue weighted by Crippen LogP contribution is -2.02. The summed E-state index contributed by atoms with van der Waals surface area (Å²) in [4.78, 5) is 28.5. The van der Waals surface area contributed by atoms with Gasteiger partial charge in [-0.15, -0.1) is 0 Å². The first-order valence-corrected chi connectivity index (χ1v) is 5.74. The lowest BCUT2D eigenvalue weighted by atomic mass is 9.88. The second kappa shape index (κ2) is 4.46. The van der Waals surface area contributed by atoms with Crippen molar-refractivity contribution in [3.63, 3.8) is 0 Å². The van der Waals surface area contributed by atoms with E-state index in [1.54, 1.807) is 18.2 Å². The van der Waals surface area contributed by atoms with E-state index in [0.717, 1.165) is 21.9 Å². The van der Waals surface area contributed by atoms with E-state index >= 15 is 0 Å². The van der Waals surface area contributed by atoms with Gasteiger partial charge in [0.15, 0.2) is 0 Å². The molecule has 0 radical (unpaired) electrons. The van der Waals surface area contributed by atoms with Crippen molar-refractivity contribution in [3.8, 4) is 0 Å². The predicted octanol–water partition coefficient (Wildman–Crippen LogP) is 2.91. The van der Waals surface area contributed by atoms with E-state index in [9.17, 15) is 9.59 Å². The minimum Gasteiger partial charge on any atom is -0.211 e. The molecule has 2 aromatic carbocycles. The van der Waals surface area contributed by atoms with E-state index in [2.05, 4.69) is 9.98 Å². The maximum Gasteiger partial charge on any atom is 0.240 e. The Balaban J connectivity index is 2.42. The zero-order chi connectivity index (χ0) is 13.2. The summed E-state index contributed by atoms with van der Waals surface area (Å²) < 4.78 is 0. The van der Waals surface area contributed by atoms with Gasteiger partial charge in [-0.2, -0.15) is 9.98 Å². The highest BCUT2D eigenvalue weighted by atomic mass is 16.1. The van der Waals surface area contributed by atoms with Crippen molar-refractivity contribution in [2.45, 2.75) is 6.04 Å². The fourth-order valence-electron chi connectivity index (χ4n) is 2.47. The number of aliphatic imine (C=N–C) groups is 2. The van der Waals surface area contributed by atoms with Gasteiger partial charge in [-0.3, -0.25) is 0 Å². The average molecular weight is 248 g/mol. The van der Waals surface area contributed by atoms with Crippen LogP contribution in [0.3, 0.4) is 0 Å². The van der Waals surface area contributed by atoms with Gasteiger partial charge in [0.05, 0.1) is 5.70 Å². The number of rotatable bonds is 2. The van der Waals surface area contributed by atoms with Crippen LogP contribution in [0.5, 0.6) is 0 Å². The highest BCUT2D eigenvalue weighted by Gasteiger charge is 2.21. The minimum absolute atomic E-state index is 0.455. The Kier molecular flexibility index (Phi) is 2.66. The lowest BCUT2D eigenvalue weighted by molar-refractivity contribution is 0.561. The molecule has 0 spiro atoms. The molecule has 1 atom stereocenters. The summed E-state index contributed by atoms with van der Waals surface area (Å²) >= 11 is 0. The topological polar surface area (TPSA) is 58.9 Å². The molecule has 0 aromatic heterocycles. The van der Waals surface area contributed by atoms with E-state index in [0.29, 0.717) is 5.70 Å². The van der Waals surface area contributed by atoms with E-state index in [1.807, 2.05) is 36.4 Å². The summed E-state index contributed by atoms with van der Waals surface area (Å²) in [6.07, 6.45) is 4.78. The van der Waals surface area contributed by atoms with Gasteiger partial charge in [0.25, 0.3) is 0 Å². The molecule has 0 bridgehead atoms. The van der Waals surface area contributed by atoms with Crippen molar-refractivity contribution in [3.05, 3.63) is 53.6 Å². The zero-order valence-corrected chi connectivity index (χ0v) is 9.83. The summed E-state index contributed by atoms with van der Waals surface area (Å²) in [6.45, 7) is 0. The van der Waals surface area contributed by atoms with E-state index in [1.165, 1.54) is 0 Å². The lowest BCUT2D eigenvalue weighted by Gasteiger charge is -2.19. The van der Waals surface area contributed by atoms with Crippen LogP contribution in [-0.2, 0) is 9.59 Å². The molecule has 0 N–H and O–H groups in total. The molecule has 90 valence electrons. The number of isocyanates is 2. The Morgan fingerprint density at radius 1 is 1.00 bits per heavy atom. The van der Waals surface area contributed by atoms with E-state index in [4.69, 9.17) is 0 Å². The standard InChI is InChI=1S/C15H8N2O2/c18-8-16-13-7-14(17-9-19)12-6-2-4-10-3-1-5-11(13)15(10)12/h1-7,13H. The molecule has 1 aliphatic rings. The van der Waals surface area contributed by atoms with Crippen molar-refractivity contribution in [2.75, 3.05) is 0 Å². The Labute approximate surface area is 108 Å². The molecule has 0 fully saturated rings. The van der Waals surface area contributed by atoms with Crippen LogP contribution in [0.1, 0.15) is 17.2 Å². The Morgan fingerprint density at radius 2 is 1.79 bits per heavy atom. The molecule has 4 nitrogen and oxygen atoms in total. The van der Waals surface area contributed by atoms with E-state index < -0.39 is 6.04 Å². The van der Waals surface area contributed by atoms with Gasteiger partial charge >= 0.3 is 0 Å². The van der Waals surface area contributed by atoms with Gasteiger partial charge in [-0.25, -0.2) is 9.59 Å². The van der Waals surface area contributed by atoms with Crippen molar-refractivity contribution >= 4 is 28.6 Å². The van der Waals surface area contributed by atoms with Crippen LogP contribution in [0.15, 0.2) is 52.5 Å². The molecule has 1 unspecified atom stereocenters. The fourth-order valence-corrected chi connectivity index (χ4v) is 2.47. The third-order valence-electron chi connectivity index (χ3n) is 3.21. The quantitative estimate of drug-likeness (QED) is 0.606. The molecule has 19 heavy (non-hydrogen) atoms. The maximum atomic E-state index is 10.5. The number of nitrogens with zero attached hydrogens (tertiary/aromatic N) is 2. The highest BCUT2D eigenvalue weighted by molar-refractivity contribution is 5.99. The van der Waals surface area contributed by atoms with Gasteiger partial charge in [0.2, 0.25) is 12.2 Å². The summed E-state index contributed by atoms with van der Waals surface area (Å²) in [5, 5.41) is 1.98. The van der Waals surface area contributed by atoms with Crippen molar-refractivity contribution in [1.82, 2.24) is 0 Å². The largest absolute Gasteiger partial charge is 0.240 e. The number of benzene rings is 2. The van der Waals surface area contributed by atoms with Gasteiger partial charge in [-0.05, 0) is 22.4 Å². The smallest absolute Gasteiger partial charge is 0.211 e. The molecule has 3 rings (SSSR count). The second-order valence-corrected chi connectivity index (χ2v) is 4.17. The third-order valence-corrected chi connectivity index (χ3v) is 3.21. The first-order valence-electron chi connectivity index (χ1n) is 5.74. The molecule has 0 saturated heterocycles. The van der Waals surface area contributed by atoms with Crippen LogP contribution in [0.4, 0.5) is 0 Å². The SMILES string of the molecule is O=C=NC1=CC(N=C=O)c2cccc3cccc1c23. The summed E-state index contributed by atoms with van der Waals surface area (Å²) in [5.41, 5.74) is 2.26. The molecule has 4 heteroatoms. The number of hydrogen-bond acceptors (Lipinski definition) is 4. The molecule has 0 heterocycles. The van der Waals surface area contributed by atoms with Crippen LogP contribution >= 0.6 is 0 Å². The normalized spacial score (nSPS) is 16.2. The minimum atomic E-state index is -0.455. The monoisotopic (exact) mass is 248 g/mol. The van der Waals surface area contributed by atoms with E-state index in [-0.39, 0.29) is 0 Å². The van der Waals surface area contributed by atoms with Crippen molar-refractivity contribution < 1.29 is 9.59 Å². The number of carbonyl (C=O) groups excluding carboxylic acids is 2. The molecule has 1 aliphatic carbocycles. The van der Waals surface area contributed by atoms with Crippen LogP contribution in [0.25, 0.3) is 16.5 Å². The molecule has 2 aromatic rings. The molecule has 0 amide bonds. The first kappa shape index (κ1) is 11.3. The van der Waals surface area contributed by atoms with Crippen LogP contribution in [0.2, 0.25) is 0 Å². The molecular weight excluding hydrogens is 240 g/mol. The maximum absolute atomic E-state index is 10.5. The summed E-state index contributed by atoms with van der Waals surface area (Å²) in [7, 11) is 0.